The number of likely N-dealkylation sites (tertiary alicyclic amines) is 1. The molecule has 0 saturated carbocycles. The molecule has 0 atom stereocenters. The fraction of sp³-hybridized carbons (Fsp3) is 0.842. The van der Waals surface area contributed by atoms with Gasteiger partial charge in [0.05, 0.1) is 0 Å². The zero-order chi connectivity index (χ0) is 16.4. The zero-order valence-electron chi connectivity index (χ0n) is 15.4. The van der Waals surface area contributed by atoms with Crippen LogP contribution in [0.2, 0.25) is 13.3 Å². The van der Waals surface area contributed by atoms with Crippen molar-refractivity contribution in [1.82, 2.24) is 4.90 Å². The second kappa shape index (κ2) is 10.7. The molecule has 0 unspecified atom stereocenters. The summed E-state index contributed by atoms with van der Waals surface area (Å²) in [4.78, 5) is 14.5. The van der Waals surface area contributed by atoms with Gasteiger partial charge in [-0.05, 0) is 0 Å². The third-order valence-electron chi connectivity index (χ3n) is 5.13. The molecule has 0 spiro atoms. The standard InChI is InChI=1S/C7H10NO.3C4H9.Sn/c1-6-4-3-5-8(2)7(6)9;3*1-3-4-2;/h1H,3-5H2,2H3;3*1,3-4H2,2H3;. The summed E-state index contributed by atoms with van der Waals surface area (Å²) in [7, 11) is 1.97. The summed E-state index contributed by atoms with van der Waals surface area (Å²) in [5, 5.41) is 0. The van der Waals surface area contributed by atoms with Gasteiger partial charge >= 0.3 is 143 Å². The van der Waals surface area contributed by atoms with Crippen LogP contribution < -0.4 is 0 Å². The predicted molar refractivity (Wildman–Crippen MR) is 99.9 cm³/mol. The van der Waals surface area contributed by atoms with Crippen molar-refractivity contribution >= 4 is 24.3 Å². The van der Waals surface area contributed by atoms with Crippen molar-refractivity contribution in [2.45, 2.75) is 85.4 Å². The minimum atomic E-state index is -2.30. The summed E-state index contributed by atoms with van der Waals surface area (Å²) in [5.41, 5.74) is 1.19. The number of hydrogen-bond donors (Lipinski definition) is 0. The van der Waals surface area contributed by atoms with Crippen LogP contribution in [-0.2, 0) is 4.79 Å². The molecule has 1 rings (SSSR count). The number of nitrogens with zero attached hydrogens (tertiary/aromatic N) is 1. The van der Waals surface area contributed by atoms with Crippen molar-refractivity contribution < 1.29 is 4.79 Å². The van der Waals surface area contributed by atoms with Crippen molar-refractivity contribution in [3.63, 3.8) is 0 Å². The number of hydrogen-bond acceptors (Lipinski definition) is 1. The van der Waals surface area contributed by atoms with Gasteiger partial charge in [0.25, 0.3) is 0 Å². The number of unbranched alkanes of at least 4 members (excludes halogenated alkanes) is 3. The average Bonchev–Trinajstić information content (AvgIpc) is 2.53. The second-order valence-corrected chi connectivity index (χ2v) is 20.1. The van der Waals surface area contributed by atoms with E-state index in [0.717, 1.165) is 19.4 Å². The van der Waals surface area contributed by atoms with Crippen LogP contribution in [-0.4, -0.2) is 42.8 Å². The van der Waals surface area contributed by atoms with E-state index >= 15 is 0 Å². The molecule has 0 aromatic carbocycles. The molecule has 3 heteroatoms. The van der Waals surface area contributed by atoms with E-state index in [1.807, 2.05) is 11.9 Å². The van der Waals surface area contributed by atoms with Crippen LogP contribution in [0.4, 0.5) is 0 Å². The van der Waals surface area contributed by atoms with Crippen LogP contribution in [0.25, 0.3) is 0 Å². The Morgan fingerprint density at radius 3 is 1.95 bits per heavy atom. The van der Waals surface area contributed by atoms with E-state index in [-0.39, 0.29) is 0 Å². The number of rotatable bonds is 10. The van der Waals surface area contributed by atoms with Gasteiger partial charge in [-0.15, -0.1) is 0 Å². The van der Waals surface area contributed by atoms with Gasteiger partial charge in [0.15, 0.2) is 0 Å². The second-order valence-electron chi connectivity index (χ2n) is 7.17. The van der Waals surface area contributed by atoms with Crippen LogP contribution in [0.3, 0.4) is 0 Å². The Bertz CT molecular complexity index is 343. The first-order valence-corrected chi connectivity index (χ1v) is 17.3. The summed E-state index contributed by atoms with van der Waals surface area (Å²) in [6.45, 7) is 7.87. The van der Waals surface area contributed by atoms with Crippen molar-refractivity contribution in [2.24, 2.45) is 0 Å². The Balaban J connectivity index is 2.99. The molecule has 22 heavy (non-hydrogen) atoms. The predicted octanol–water partition coefficient (Wildman–Crippen LogP) is 5.55. The molecule has 0 aliphatic carbocycles. The van der Waals surface area contributed by atoms with Crippen LogP contribution in [0.15, 0.2) is 9.67 Å². The summed E-state index contributed by atoms with van der Waals surface area (Å²) >= 11 is -2.30. The molecule has 1 amide bonds. The van der Waals surface area contributed by atoms with E-state index < -0.39 is 18.4 Å². The van der Waals surface area contributed by atoms with Crippen molar-refractivity contribution in [1.29, 1.82) is 0 Å². The minimum absolute atomic E-state index is 0.330. The summed E-state index contributed by atoms with van der Waals surface area (Å²) in [5.74, 6) is 0.330. The number of carbonyl (C=O) groups is 1. The van der Waals surface area contributed by atoms with Crippen molar-refractivity contribution in [3.8, 4) is 0 Å². The van der Waals surface area contributed by atoms with Crippen molar-refractivity contribution in [2.75, 3.05) is 13.6 Å². The Labute approximate surface area is 142 Å². The zero-order valence-corrected chi connectivity index (χ0v) is 18.3. The van der Waals surface area contributed by atoms with Gasteiger partial charge in [-0.1, -0.05) is 0 Å². The average molecular weight is 414 g/mol. The van der Waals surface area contributed by atoms with Crippen LogP contribution >= 0.6 is 0 Å². The molecule has 1 heterocycles. The molecular formula is C19H37NOSn. The topological polar surface area (TPSA) is 20.3 Å². The summed E-state index contributed by atoms with van der Waals surface area (Å²) in [6, 6.07) is 0. The molecule has 0 bridgehead atoms. The molecular weight excluding hydrogens is 377 g/mol. The van der Waals surface area contributed by atoms with Gasteiger partial charge in [-0.3, -0.25) is 0 Å². The van der Waals surface area contributed by atoms with E-state index in [2.05, 4.69) is 24.9 Å². The van der Waals surface area contributed by atoms with Crippen LogP contribution in [0.1, 0.15) is 72.1 Å². The van der Waals surface area contributed by atoms with Gasteiger partial charge in [0, 0.05) is 0 Å². The number of piperidine rings is 1. The normalized spacial score (nSPS) is 18.3. The Kier molecular flexibility index (Phi) is 9.77. The number of carbonyl (C=O) groups excluding carboxylic acids is 1. The molecule has 0 N–H and O–H groups in total. The molecule has 1 saturated heterocycles. The van der Waals surface area contributed by atoms with E-state index in [1.54, 1.807) is 0 Å². The molecule has 1 aliphatic rings. The first-order valence-electron chi connectivity index (χ1n) is 9.55. The molecule has 128 valence electrons. The maximum atomic E-state index is 12.5. The molecule has 0 radical (unpaired) electrons. The number of likely N-dealkylation sites (N-methyl/N-ethyl adjacent to an activating group) is 1. The van der Waals surface area contributed by atoms with Gasteiger partial charge < -0.3 is 0 Å². The maximum absolute atomic E-state index is 12.5. The Morgan fingerprint density at radius 2 is 1.50 bits per heavy atom. The van der Waals surface area contributed by atoms with Crippen LogP contribution in [0, 0.1) is 0 Å². The SMILES string of the molecule is CCC[CH2][Sn](/[CH]=C1/CCCN(C)C1=O)([CH2]CCC)[CH2]CCC. The van der Waals surface area contributed by atoms with E-state index in [1.165, 1.54) is 57.4 Å². The molecule has 2 nitrogen and oxygen atoms in total. The van der Waals surface area contributed by atoms with Gasteiger partial charge in [-0.2, -0.15) is 0 Å². The van der Waals surface area contributed by atoms with Gasteiger partial charge in [0.2, 0.25) is 0 Å². The van der Waals surface area contributed by atoms with Crippen LogP contribution in [0.5, 0.6) is 0 Å². The van der Waals surface area contributed by atoms with Gasteiger partial charge in [-0.25, -0.2) is 0 Å². The first kappa shape index (κ1) is 20.1. The van der Waals surface area contributed by atoms with E-state index in [9.17, 15) is 4.79 Å². The van der Waals surface area contributed by atoms with Crippen molar-refractivity contribution in [3.05, 3.63) is 9.67 Å². The molecule has 0 aromatic heterocycles. The quantitative estimate of drug-likeness (QED) is 0.339. The molecule has 1 fully saturated rings. The van der Waals surface area contributed by atoms with E-state index in [0.29, 0.717) is 5.91 Å². The Hall–Kier alpha value is 0.00870. The third-order valence-corrected chi connectivity index (χ3v) is 19.4. The molecule has 1 aliphatic heterocycles. The summed E-state index contributed by atoms with van der Waals surface area (Å²) < 4.78 is 7.02. The molecule has 0 aromatic rings. The van der Waals surface area contributed by atoms with E-state index in [4.69, 9.17) is 0 Å². The number of amides is 1. The summed E-state index contributed by atoms with van der Waals surface area (Å²) in [6.07, 6.45) is 10.2. The third kappa shape index (κ3) is 6.25. The Morgan fingerprint density at radius 1 is 1.00 bits per heavy atom. The van der Waals surface area contributed by atoms with Gasteiger partial charge in [0.1, 0.15) is 0 Å². The first-order chi connectivity index (χ1) is 10.6. The monoisotopic (exact) mass is 415 g/mol. The fourth-order valence-corrected chi connectivity index (χ4v) is 18.9. The fourth-order valence-electron chi connectivity index (χ4n) is 3.64.